The zero-order valence-electron chi connectivity index (χ0n) is 10.8. The van der Waals surface area contributed by atoms with Crippen LogP contribution in [0.3, 0.4) is 0 Å². The van der Waals surface area contributed by atoms with E-state index in [1.54, 1.807) is 36.4 Å². The van der Waals surface area contributed by atoms with Crippen molar-refractivity contribution in [3.63, 3.8) is 0 Å². The molecule has 106 valence electrons. The smallest absolute Gasteiger partial charge is 0.126 e. The Morgan fingerprint density at radius 1 is 1.00 bits per heavy atom. The second-order valence-corrected chi connectivity index (χ2v) is 4.30. The van der Waals surface area contributed by atoms with Crippen LogP contribution in [-0.4, -0.2) is 24.4 Å². The lowest BCUT2D eigenvalue weighted by atomic mass is 10.3. The Labute approximate surface area is 116 Å². The second-order valence-electron chi connectivity index (χ2n) is 4.30. The molecule has 2 rings (SSSR count). The predicted octanol–water partition coefficient (Wildman–Crippen LogP) is 2.23. The van der Waals surface area contributed by atoms with Crippen molar-refractivity contribution in [1.82, 2.24) is 0 Å². The fraction of sp³-hybridized carbons (Fsp3) is 0.200. The van der Waals surface area contributed by atoms with Crippen LogP contribution in [-0.2, 0) is 0 Å². The van der Waals surface area contributed by atoms with Gasteiger partial charge in [-0.25, -0.2) is 4.39 Å². The third-order valence-corrected chi connectivity index (χ3v) is 2.56. The maximum atomic E-state index is 12.9. The molecule has 0 saturated heterocycles. The summed E-state index contributed by atoms with van der Waals surface area (Å²) in [5.41, 5.74) is 6.20. The van der Waals surface area contributed by atoms with Crippen molar-refractivity contribution in [2.24, 2.45) is 0 Å². The average Bonchev–Trinajstić information content (AvgIpc) is 2.45. The fourth-order valence-corrected chi connectivity index (χ4v) is 1.55. The van der Waals surface area contributed by atoms with Crippen molar-refractivity contribution >= 4 is 5.69 Å². The third-order valence-electron chi connectivity index (χ3n) is 2.56. The Bertz CT molecular complexity index is 545. The molecule has 0 aliphatic carbocycles. The topological polar surface area (TPSA) is 64.7 Å². The number of nitrogens with two attached hydrogens (primary N) is 1. The van der Waals surface area contributed by atoms with E-state index in [1.807, 2.05) is 0 Å². The fourth-order valence-electron chi connectivity index (χ4n) is 1.55. The van der Waals surface area contributed by atoms with E-state index in [9.17, 15) is 9.50 Å². The number of nitrogen functional groups attached to an aromatic ring is 1. The third kappa shape index (κ3) is 4.44. The molecule has 0 fully saturated rings. The van der Waals surface area contributed by atoms with E-state index in [0.717, 1.165) is 0 Å². The number of hydrogen-bond donors (Lipinski definition) is 2. The van der Waals surface area contributed by atoms with Crippen molar-refractivity contribution in [2.75, 3.05) is 18.9 Å². The van der Waals surface area contributed by atoms with Crippen LogP contribution >= 0.6 is 0 Å². The molecule has 0 amide bonds. The van der Waals surface area contributed by atoms with Gasteiger partial charge in [0.1, 0.15) is 36.6 Å². The Hall–Kier alpha value is -2.27. The molecule has 2 aromatic rings. The van der Waals surface area contributed by atoms with Crippen LogP contribution in [0.25, 0.3) is 0 Å². The molecule has 1 unspecified atom stereocenters. The minimum Gasteiger partial charge on any atom is -0.491 e. The molecule has 5 heteroatoms. The van der Waals surface area contributed by atoms with E-state index in [-0.39, 0.29) is 19.0 Å². The van der Waals surface area contributed by atoms with Gasteiger partial charge in [-0.05, 0) is 36.4 Å². The quantitative estimate of drug-likeness (QED) is 0.795. The minimum absolute atomic E-state index is 0.0262. The Kier molecular flexibility index (Phi) is 4.79. The number of anilines is 1. The van der Waals surface area contributed by atoms with Crippen LogP contribution in [0.15, 0.2) is 48.5 Å². The molecule has 0 aliphatic heterocycles. The van der Waals surface area contributed by atoms with Crippen LogP contribution in [0.2, 0.25) is 0 Å². The van der Waals surface area contributed by atoms with Gasteiger partial charge in [0.2, 0.25) is 0 Å². The highest BCUT2D eigenvalue weighted by Gasteiger charge is 2.07. The standard InChI is InChI=1S/C15H16FNO3/c16-11-2-1-3-15(8-11)20-10-13(18)9-19-14-6-4-12(17)5-7-14/h1-8,13,18H,9-10,17H2. The van der Waals surface area contributed by atoms with E-state index in [0.29, 0.717) is 17.2 Å². The largest absolute Gasteiger partial charge is 0.491 e. The van der Waals surface area contributed by atoms with Gasteiger partial charge in [-0.1, -0.05) is 6.07 Å². The number of aliphatic hydroxyl groups is 1. The molecule has 0 spiro atoms. The molecule has 3 N–H and O–H groups in total. The van der Waals surface area contributed by atoms with Crippen LogP contribution in [0.4, 0.5) is 10.1 Å². The zero-order valence-corrected chi connectivity index (χ0v) is 10.8. The predicted molar refractivity (Wildman–Crippen MR) is 74.3 cm³/mol. The Balaban J connectivity index is 1.75. The number of ether oxygens (including phenoxy) is 2. The molecule has 1 atom stereocenters. The van der Waals surface area contributed by atoms with Gasteiger partial charge in [0.05, 0.1) is 0 Å². The highest BCUT2D eigenvalue weighted by atomic mass is 19.1. The number of aliphatic hydroxyl groups excluding tert-OH is 1. The van der Waals surface area contributed by atoms with E-state index in [1.165, 1.54) is 12.1 Å². The molecule has 0 saturated carbocycles. The van der Waals surface area contributed by atoms with Crippen molar-refractivity contribution in [1.29, 1.82) is 0 Å². The van der Waals surface area contributed by atoms with Crippen molar-refractivity contribution in [3.05, 3.63) is 54.3 Å². The van der Waals surface area contributed by atoms with E-state index < -0.39 is 6.10 Å². The molecule has 2 aromatic carbocycles. The SMILES string of the molecule is Nc1ccc(OCC(O)COc2cccc(F)c2)cc1. The summed E-state index contributed by atoms with van der Waals surface area (Å²) >= 11 is 0. The highest BCUT2D eigenvalue weighted by Crippen LogP contribution is 2.14. The lowest BCUT2D eigenvalue weighted by Gasteiger charge is -2.13. The molecular formula is C15H16FNO3. The first kappa shape index (κ1) is 14.1. The van der Waals surface area contributed by atoms with Crippen molar-refractivity contribution < 1.29 is 19.0 Å². The lowest BCUT2D eigenvalue weighted by molar-refractivity contribution is 0.0625. The van der Waals surface area contributed by atoms with Crippen LogP contribution in [0, 0.1) is 5.82 Å². The van der Waals surface area contributed by atoms with Gasteiger partial charge in [-0.15, -0.1) is 0 Å². The van der Waals surface area contributed by atoms with E-state index in [2.05, 4.69) is 0 Å². The van der Waals surface area contributed by atoms with Crippen LogP contribution in [0.1, 0.15) is 0 Å². The number of halogens is 1. The van der Waals surface area contributed by atoms with Gasteiger partial charge in [-0.3, -0.25) is 0 Å². The summed E-state index contributed by atoms with van der Waals surface area (Å²) < 4.78 is 23.6. The van der Waals surface area contributed by atoms with Gasteiger partial charge in [0.15, 0.2) is 0 Å². The number of hydrogen-bond acceptors (Lipinski definition) is 4. The summed E-state index contributed by atoms with van der Waals surface area (Å²) in [7, 11) is 0. The van der Waals surface area contributed by atoms with Crippen molar-refractivity contribution in [2.45, 2.75) is 6.10 Å². The normalized spacial score (nSPS) is 11.9. The van der Waals surface area contributed by atoms with Gasteiger partial charge in [-0.2, -0.15) is 0 Å². The van der Waals surface area contributed by atoms with E-state index in [4.69, 9.17) is 15.2 Å². The summed E-state index contributed by atoms with van der Waals surface area (Å²) in [5.74, 6) is 0.607. The van der Waals surface area contributed by atoms with Crippen molar-refractivity contribution in [3.8, 4) is 11.5 Å². The summed E-state index contributed by atoms with van der Waals surface area (Å²) in [6.45, 7) is 0.109. The van der Waals surface area contributed by atoms with Gasteiger partial charge in [0, 0.05) is 11.8 Å². The van der Waals surface area contributed by atoms with Gasteiger partial charge < -0.3 is 20.3 Å². The lowest BCUT2D eigenvalue weighted by Crippen LogP contribution is -2.25. The van der Waals surface area contributed by atoms with Crippen LogP contribution < -0.4 is 15.2 Å². The first-order valence-corrected chi connectivity index (χ1v) is 6.18. The molecule has 0 bridgehead atoms. The Morgan fingerprint density at radius 3 is 2.30 bits per heavy atom. The maximum Gasteiger partial charge on any atom is 0.126 e. The monoisotopic (exact) mass is 277 g/mol. The molecule has 4 nitrogen and oxygen atoms in total. The number of rotatable bonds is 6. The second kappa shape index (κ2) is 6.77. The number of benzene rings is 2. The summed E-state index contributed by atoms with van der Waals surface area (Å²) in [6, 6.07) is 12.6. The molecule has 0 aliphatic rings. The van der Waals surface area contributed by atoms with Gasteiger partial charge in [0.25, 0.3) is 0 Å². The molecule has 0 radical (unpaired) electrons. The van der Waals surface area contributed by atoms with Gasteiger partial charge >= 0.3 is 0 Å². The molecule has 0 heterocycles. The van der Waals surface area contributed by atoms with Crippen LogP contribution in [0.5, 0.6) is 11.5 Å². The first-order chi connectivity index (χ1) is 9.63. The average molecular weight is 277 g/mol. The molecule has 0 aromatic heterocycles. The molecule has 20 heavy (non-hydrogen) atoms. The highest BCUT2D eigenvalue weighted by molar-refractivity contribution is 5.41. The summed E-state index contributed by atoms with van der Waals surface area (Å²) in [4.78, 5) is 0. The van der Waals surface area contributed by atoms with E-state index >= 15 is 0 Å². The molecular weight excluding hydrogens is 261 g/mol. The zero-order chi connectivity index (χ0) is 14.4. The minimum atomic E-state index is -0.809. The summed E-state index contributed by atoms with van der Waals surface area (Å²) in [5, 5.41) is 9.73. The summed E-state index contributed by atoms with van der Waals surface area (Å²) in [6.07, 6.45) is -0.809. The first-order valence-electron chi connectivity index (χ1n) is 6.18. The maximum absolute atomic E-state index is 12.9. The Morgan fingerprint density at radius 2 is 1.65 bits per heavy atom.